The maximum absolute atomic E-state index is 3.51. The molecule has 16 heavy (non-hydrogen) atoms. The van der Waals surface area contributed by atoms with E-state index in [-0.39, 0.29) is 0 Å². The molecule has 2 nitrogen and oxygen atoms in total. The lowest BCUT2D eigenvalue weighted by Gasteiger charge is -2.45. The van der Waals surface area contributed by atoms with Gasteiger partial charge in [-0.3, -0.25) is 4.90 Å². The van der Waals surface area contributed by atoms with Crippen molar-refractivity contribution in [1.82, 2.24) is 10.2 Å². The van der Waals surface area contributed by atoms with Gasteiger partial charge in [-0.15, -0.1) is 11.3 Å². The van der Waals surface area contributed by atoms with E-state index in [1.807, 2.05) is 11.3 Å². The second-order valence-corrected chi connectivity index (χ2v) is 5.88. The molecule has 1 aliphatic heterocycles. The molecule has 1 aromatic rings. The molecular weight excluding hydrogens is 216 g/mol. The Morgan fingerprint density at radius 3 is 3.12 bits per heavy atom. The minimum Gasteiger partial charge on any atom is -0.314 e. The highest BCUT2D eigenvalue weighted by atomic mass is 32.1. The van der Waals surface area contributed by atoms with Gasteiger partial charge in [0, 0.05) is 36.6 Å². The van der Waals surface area contributed by atoms with Crippen LogP contribution in [0, 0.1) is 0 Å². The molecule has 0 amide bonds. The van der Waals surface area contributed by atoms with Crippen LogP contribution >= 0.6 is 11.3 Å². The van der Waals surface area contributed by atoms with Crippen molar-refractivity contribution in [3.63, 3.8) is 0 Å². The summed E-state index contributed by atoms with van der Waals surface area (Å²) in [5, 5.41) is 5.68. The molecule has 0 spiro atoms. The second kappa shape index (κ2) is 5.30. The summed E-state index contributed by atoms with van der Waals surface area (Å²) in [5.74, 6) is 0. The first-order chi connectivity index (χ1) is 7.74. The van der Waals surface area contributed by atoms with Gasteiger partial charge in [0.25, 0.3) is 0 Å². The molecule has 2 rings (SSSR count). The molecule has 0 aromatic carbocycles. The van der Waals surface area contributed by atoms with Crippen LogP contribution in [0.1, 0.15) is 25.1 Å². The fourth-order valence-electron chi connectivity index (χ4n) is 2.38. The monoisotopic (exact) mass is 238 g/mol. The Bertz CT molecular complexity index is 310. The van der Waals surface area contributed by atoms with E-state index in [1.165, 1.54) is 30.8 Å². The fraction of sp³-hybridized carbons (Fsp3) is 0.692. The molecule has 1 aromatic heterocycles. The first kappa shape index (κ1) is 12.1. The minimum atomic E-state index is 0.357. The van der Waals surface area contributed by atoms with Crippen molar-refractivity contribution in [2.75, 3.05) is 26.2 Å². The third-order valence-electron chi connectivity index (χ3n) is 3.80. The molecule has 90 valence electrons. The maximum atomic E-state index is 3.51. The first-order valence-electron chi connectivity index (χ1n) is 6.23. The van der Waals surface area contributed by atoms with Gasteiger partial charge in [-0.05, 0) is 31.2 Å². The largest absolute Gasteiger partial charge is 0.314 e. The summed E-state index contributed by atoms with van der Waals surface area (Å²) < 4.78 is 0. The summed E-state index contributed by atoms with van der Waals surface area (Å²) in [6.07, 6.45) is 2.43. The molecule has 1 unspecified atom stereocenters. The average Bonchev–Trinajstić information content (AvgIpc) is 2.81. The number of nitrogens with one attached hydrogen (secondary N) is 1. The van der Waals surface area contributed by atoms with Crippen molar-refractivity contribution in [1.29, 1.82) is 0 Å². The van der Waals surface area contributed by atoms with Crippen molar-refractivity contribution in [3.05, 3.63) is 22.4 Å². The molecule has 1 fully saturated rings. The lowest BCUT2D eigenvalue weighted by atomic mass is 9.94. The summed E-state index contributed by atoms with van der Waals surface area (Å²) in [4.78, 5) is 4.17. The van der Waals surface area contributed by atoms with Gasteiger partial charge in [-0.1, -0.05) is 13.0 Å². The van der Waals surface area contributed by atoms with Crippen LogP contribution in [0.25, 0.3) is 0 Å². The van der Waals surface area contributed by atoms with E-state index in [0.717, 1.165) is 13.1 Å². The maximum Gasteiger partial charge on any atom is 0.0303 e. The Morgan fingerprint density at radius 1 is 1.56 bits per heavy atom. The van der Waals surface area contributed by atoms with Gasteiger partial charge in [0.05, 0.1) is 0 Å². The Morgan fingerprint density at radius 2 is 2.44 bits per heavy atom. The van der Waals surface area contributed by atoms with E-state index in [9.17, 15) is 0 Å². The SMILES string of the molecule is CCC1(C)CNCCN1CCc1cccs1. The van der Waals surface area contributed by atoms with Crippen LogP contribution in [0.3, 0.4) is 0 Å². The Kier molecular flexibility index (Phi) is 4.00. The van der Waals surface area contributed by atoms with Crippen LogP contribution in [0.15, 0.2) is 17.5 Å². The quantitative estimate of drug-likeness (QED) is 0.866. The van der Waals surface area contributed by atoms with Crippen molar-refractivity contribution >= 4 is 11.3 Å². The third-order valence-corrected chi connectivity index (χ3v) is 4.73. The summed E-state index contributed by atoms with van der Waals surface area (Å²) in [6.45, 7) is 9.34. The Hall–Kier alpha value is -0.380. The highest BCUT2D eigenvalue weighted by Crippen LogP contribution is 2.21. The topological polar surface area (TPSA) is 15.3 Å². The van der Waals surface area contributed by atoms with Gasteiger partial charge >= 0.3 is 0 Å². The van der Waals surface area contributed by atoms with E-state index in [1.54, 1.807) is 0 Å². The third kappa shape index (κ3) is 2.65. The van der Waals surface area contributed by atoms with Gasteiger partial charge in [-0.25, -0.2) is 0 Å². The van der Waals surface area contributed by atoms with Crippen LogP contribution < -0.4 is 5.32 Å². The number of thiophene rings is 1. The second-order valence-electron chi connectivity index (χ2n) is 4.84. The molecule has 0 bridgehead atoms. The van der Waals surface area contributed by atoms with Gasteiger partial charge in [0.1, 0.15) is 0 Å². The smallest absolute Gasteiger partial charge is 0.0303 e. The Labute approximate surface area is 103 Å². The van der Waals surface area contributed by atoms with Crippen LogP contribution in [0.2, 0.25) is 0 Å². The summed E-state index contributed by atoms with van der Waals surface area (Å²) in [7, 11) is 0. The van der Waals surface area contributed by atoms with Gasteiger partial charge in [-0.2, -0.15) is 0 Å². The van der Waals surface area contributed by atoms with Crippen LogP contribution in [-0.4, -0.2) is 36.6 Å². The molecule has 0 aliphatic carbocycles. The summed E-state index contributed by atoms with van der Waals surface area (Å²) in [6, 6.07) is 4.40. The molecule has 1 saturated heterocycles. The highest BCUT2D eigenvalue weighted by molar-refractivity contribution is 7.09. The molecule has 1 atom stereocenters. The first-order valence-corrected chi connectivity index (χ1v) is 7.11. The predicted molar refractivity (Wildman–Crippen MR) is 71.2 cm³/mol. The Balaban J connectivity index is 1.91. The van der Waals surface area contributed by atoms with E-state index >= 15 is 0 Å². The van der Waals surface area contributed by atoms with Crippen LogP contribution in [0.4, 0.5) is 0 Å². The normalized spacial score (nSPS) is 27.1. The zero-order valence-corrected chi connectivity index (χ0v) is 11.1. The van der Waals surface area contributed by atoms with Crippen molar-refractivity contribution in [3.8, 4) is 0 Å². The van der Waals surface area contributed by atoms with Crippen molar-refractivity contribution in [2.45, 2.75) is 32.2 Å². The molecule has 0 radical (unpaired) electrons. The van der Waals surface area contributed by atoms with Crippen molar-refractivity contribution in [2.24, 2.45) is 0 Å². The van der Waals surface area contributed by atoms with E-state index < -0.39 is 0 Å². The number of hydrogen-bond acceptors (Lipinski definition) is 3. The predicted octanol–water partition coefficient (Wildman–Crippen LogP) is 2.36. The number of rotatable bonds is 4. The average molecular weight is 238 g/mol. The van der Waals surface area contributed by atoms with Gasteiger partial charge < -0.3 is 5.32 Å². The lowest BCUT2D eigenvalue weighted by molar-refractivity contribution is 0.0729. The van der Waals surface area contributed by atoms with E-state index in [4.69, 9.17) is 0 Å². The van der Waals surface area contributed by atoms with E-state index in [2.05, 4.69) is 41.6 Å². The van der Waals surface area contributed by atoms with Gasteiger partial charge in [0.2, 0.25) is 0 Å². The highest BCUT2D eigenvalue weighted by Gasteiger charge is 2.31. The van der Waals surface area contributed by atoms with Gasteiger partial charge in [0.15, 0.2) is 0 Å². The zero-order chi connectivity index (χ0) is 11.4. The zero-order valence-electron chi connectivity index (χ0n) is 10.3. The summed E-state index contributed by atoms with van der Waals surface area (Å²) >= 11 is 1.88. The molecule has 1 N–H and O–H groups in total. The summed E-state index contributed by atoms with van der Waals surface area (Å²) in [5.41, 5.74) is 0.357. The standard InChI is InChI=1S/C13H22N2S/c1-3-13(2)11-14-7-9-15(13)8-6-12-5-4-10-16-12/h4-5,10,14H,3,6-9,11H2,1-2H3. The van der Waals surface area contributed by atoms with E-state index in [0.29, 0.717) is 5.54 Å². The fourth-order valence-corrected chi connectivity index (χ4v) is 3.08. The van der Waals surface area contributed by atoms with Crippen molar-refractivity contribution < 1.29 is 0 Å². The number of nitrogens with zero attached hydrogens (tertiary/aromatic N) is 1. The lowest BCUT2D eigenvalue weighted by Crippen LogP contribution is -2.59. The molecule has 0 saturated carbocycles. The minimum absolute atomic E-state index is 0.357. The van der Waals surface area contributed by atoms with Crippen LogP contribution in [0.5, 0.6) is 0 Å². The molecule has 3 heteroatoms. The molecule has 1 aliphatic rings. The number of hydrogen-bond donors (Lipinski definition) is 1. The van der Waals surface area contributed by atoms with Crippen LogP contribution in [-0.2, 0) is 6.42 Å². The molecular formula is C13H22N2S. The number of piperazine rings is 1. The molecule has 2 heterocycles.